The Bertz CT molecular complexity index is 870. The molecule has 0 aliphatic heterocycles. The average molecular weight is 377 g/mol. The first kappa shape index (κ1) is 16.8. The molecular formula is C16H13ClN4OS2. The lowest BCUT2D eigenvalue weighted by atomic mass is 10.2. The number of thiazole rings is 2. The monoisotopic (exact) mass is 376 g/mol. The van der Waals surface area contributed by atoms with Gasteiger partial charge in [-0.05, 0) is 19.1 Å². The summed E-state index contributed by atoms with van der Waals surface area (Å²) in [6.07, 6.45) is 1.75. The highest BCUT2D eigenvalue weighted by molar-refractivity contribution is 7.13. The van der Waals surface area contributed by atoms with Crippen molar-refractivity contribution in [1.82, 2.24) is 15.4 Å². The zero-order valence-corrected chi connectivity index (χ0v) is 15.1. The smallest absolute Gasteiger partial charge is 0.246 e. The van der Waals surface area contributed by atoms with E-state index in [1.807, 2.05) is 41.9 Å². The van der Waals surface area contributed by atoms with Crippen molar-refractivity contribution >= 4 is 46.4 Å². The molecule has 5 nitrogen and oxygen atoms in total. The molecule has 0 spiro atoms. The van der Waals surface area contributed by atoms with Gasteiger partial charge in [0.25, 0.3) is 0 Å². The molecule has 0 unspecified atom stereocenters. The van der Waals surface area contributed by atoms with Gasteiger partial charge in [0, 0.05) is 27.0 Å². The summed E-state index contributed by atoms with van der Waals surface area (Å²) in [6.45, 7) is 1.90. The van der Waals surface area contributed by atoms with E-state index < -0.39 is 0 Å². The Labute approximate surface area is 152 Å². The third-order valence-electron chi connectivity index (χ3n) is 2.98. The van der Waals surface area contributed by atoms with Gasteiger partial charge in [-0.25, -0.2) is 15.4 Å². The number of carbonyl (C=O) groups is 1. The number of aryl methyl sites for hydroxylation is 1. The standard InChI is InChI=1S/C16H13ClN4OS2/c1-10-8-23-15(19-10)6-14(22)21-18-7-13-9-24-16(20-13)11-2-4-12(17)5-3-11/h2-5,7-9H,6H2,1H3,(H,21,22)/b18-7-. The molecule has 0 bridgehead atoms. The molecule has 122 valence electrons. The van der Waals surface area contributed by atoms with Crippen LogP contribution in [-0.2, 0) is 11.2 Å². The highest BCUT2D eigenvalue weighted by atomic mass is 35.5. The summed E-state index contributed by atoms with van der Waals surface area (Å²) in [6, 6.07) is 7.49. The first-order valence-corrected chi connectivity index (χ1v) is 9.18. The highest BCUT2D eigenvalue weighted by Gasteiger charge is 2.06. The van der Waals surface area contributed by atoms with Crippen molar-refractivity contribution in [3.63, 3.8) is 0 Å². The zero-order chi connectivity index (χ0) is 16.9. The van der Waals surface area contributed by atoms with Crippen molar-refractivity contribution in [2.75, 3.05) is 0 Å². The van der Waals surface area contributed by atoms with Crippen LogP contribution in [-0.4, -0.2) is 22.1 Å². The van der Waals surface area contributed by atoms with Crippen molar-refractivity contribution in [3.8, 4) is 10.6 Å². The molecule has 24 heavy (non-hydrogen) atoms. The van der Waals surface area contributed by atoms with E-state index in [1.54, 1.807) is 0 Å². The summed E-state index contributed by atoms with van der Waals surface area (Å²) in [4.78, 5) is 20.5. The predicted octanol–water partition coefficient (Wildman–Crippen LogP) is 3.92. The third kappa shape index (κ3) is 4.47. The van der Waals surface area contributed by atoms with Crippen LogP contribution in [0.5, 0.6) is 0 Å². The first-order valence-electron chi connectivity index (χ1n) is 7.04. The fourth-order valence-electron chi connectivity index (χ4n) is 1.90. The molecule has 8 heteroatoms. The largest absolute Gasteiger partial charge is 0.273 e. The highest BCUT2D eigenvalue weighted by Crippen LogP contribution is 2.24. The van der Waals surface area contributed by atoms with Crippen LogP contribution in [0.3, 0.4) is 0 Å². The van der Waals surface area contributed by atoms with Gasteiger partial charge in [-0.15, -0.1) is 22.7 Å². The van der Waals surface area contributed by atoms with E-state index in [0.717, 1.165) is 21.3 Å². The van der Waals surface area contributed by atoms with E-state index in [1.165, 1.54) is 28.9 Å². The summed E-state index contributed by atoms with van der Waals surface area (Å²) in [5, 5.41) is 10.1. The Morgan fingerprint density at radius 2 is 2.04 bits per heavy atom. The summed E-state index contributed by atoms with van der Waals surface area (Å²) in [5.74, 6) is -0.200. The Hall–Kier alpha value is -2.09. The maximum atomic E-state index is 11.8. The molecule has 0 aliphatic rings. The molecule has 2 heterocycles. The molecule has 1 aromatic carbocycles. The van der Waals surface area contributed by atoms with Crippen LogP contribution >= 0.6 is 34.3 Å². The predicted molar refractivity (Wildman–Crippen MR) is 98.9 cm³/mol. The van der Waals surface area contributed by atoms with E-state index >= 15 is 0 Å². The summed E-state index contributed by atoms with van der Waals surface area (Å²) < 4.78 is 0. The maximum Gasteiger partial charge on any atom is 0.246 e. The van der Waals surface area contributed by atoms with Gasteiger partial charge in [-0.2, -0.15) is 5.10 Å². The summed E-state index contributed by atoms with van der Waals surface area (Å²) in [5.41, 5.74) is 5.09. The maximum absolute atomic E-state index is 11.8. The number of hydrogen-bond acceptors (Lipinski definition) is 6. The number of rotatable bonds is 5. The molecule has 3 rings (SSSR count). The van der Waals surface area contributed by atoms with Gasteiger partial charge < -0.3 is 0 Å². The zero-order valence-electron chi connectivity index (χ0n) is 12.7. The molecule has 1 N–H and O–H groups in total. The normalized spacial score (nSPS) is 11.1. The van der Waals surface area contributed by atoms with Crippen molar-refractivity contribution < 1.29 is 4.79 Å². The number of nitrogens with one attached hydrogen (secondary N) is 1. The number of hydrogen-bond donors (Lipinski definition) is 1. The first-order chi connectivity index (χ1) is 11.6. The molecule has 0 saturated heterocycles. The second kappa shape index (κ2) is 7.65. The lowest BCUT2D eigenvalue weighted by Gasteiger charge is -1.96. The van der Waals surface area contributed by atoms with E-state index in [-0.39, 0.29) is 12.3 Å². The van der Waals surface area contributed by atoms with Gasteiger partial charge in [-0.1, -0.05) is 23.7 Å². The summed E-state index contributed by atoms with van der Waals surface area (Å²) in [7, 11) is 0. The average Bonchev–Trinajstić information content (AvgIpc) is 3.17. The second-order valence-electron chi connectivity index (χ2n) is 4.94. The quantitative estimate of drug-likeness (QED) is 0.542. The van der Waals surface area contributed by atoms with Gasteiger partial charge >= 0.3 is 0 Å². The van der Waals surface area contributed by atoms with Crippen LogP contribution in [0.25, 0.3) is 10.6 Å². The Balaban J connectivity index is 1.57. The Morgan fingerprint density at radius 1 is 1.25 bits per heavy atom. The minimum Gasteiger partial charge on any atom is -0.273 e. The van der Waals surface area contributed by atoms with Crippen molar-refractivity contribution in [3.05, 3.63) is 56.4 Å². The minimum atomic E-state index is -0.200. The number of carbonyl (C=O) groups excluding carboxylic acids is 1. The SMILES string of the molecule is Cc1csc(CC(=O)N/N=C\c2csc(-c3ccc(Cl)cc3)n2)n1. The Kier molecular flexibility index (Phi) is 5.34. The van der Waals surface area contributed by atoms with Crippen molar-refractivity contribution in [2.24, 2.45) is 5.10 Å². The van der Waals surface area contributed by atoms with Crippen molar-refractivity contribution in [1.29, 1.82) is 0 Å². The van der Waals surface area contributed by atoms with Crippen LogP contribution in [0.4, 0.5) is 0 Å². The second-order valence-corrected chi connectivity index (χ2v) is 7.17. The molecule has 2 aromatic heterocycles. The Morgan fingerprint density at radius 3 is 2.75 bits per heavy atom. The summed E-state index contributed by atoms with van der Waals surface area (Å²) >= 11 is 8.85. The van der Waals surface area contributed by atoms with Crippen molar-refractivity contribution in [2.45, 2.75) is 13.3 Å². The number of benzene rings is 1. The van der Waals surface area contributed by atoms with Gasteiger partial charge in [0.15, 0.2) is 0 Å². The topological polar surface area (TPSA) is 67.2 Å². The van der Waals surface area contributed by atoms with E-state index in [2.05, 4.69) is 20.5 Å². The molecule has 0 atom stereocenters. The van der Waals surface area contributed by atoms with Gasteiger partial charge in [0.1, 0.15) is 10.0 Å². The minimum absolute atomic E-state index is 0.200. The number of amides is 1. The van der Waals surface area contributed by atoms with Gasteiger partial charge in [-0.3, -0.25) is 4.79 Å². The fraction of sp³-hybridized carbons (Fsp3) is 0.125. The number of halogens is 1. The van der Waals surface area contributed by atoms with Gasteiger partial charge in [0.05, 0.1) is 18.3 Å². The molecular weight excluding hydrogens is 364 g/mol. The van der Waals surface area contributed by atoms with Crippen LogP contribution in [0, 0.1) is 6.92 Å². The molecule has 0 aliphatic carbocycles. The molecule has 0 fully saturated rings. The molecule has 0 saturated carbocycles. The number of aromatic nitrogens is 2. The van der Waals surface area contributed by atoms with Crippen LogP contribution in [0.2, 0.25) is 5.02 Å². The molecule has 0 radical (unpaired) electrons. The van der Waals surface area contributed by atoms with Gasteiger partial charge in [0.2, 0.25) is 5.91 Å². The van der Waals surface area contributed by atoms with Crippen LogP contribution < -0.4 is 5.43 Å². The number of hydrazone groups is 1. The van der Waals surface area contributed by atoms with E-state index in [4.69, 9.17) is 11.6 Å². The van der Waals surface area contributed by atoms with Crippen LogP contribution in [0.15, 0.2) is 40.1 Å². The van der Waals surface area contributed by atoms with E-state index in [9.17, 15) is 4.79 Å². The third-order valence-corrected chi connectivity index (χ3v) is 5.11. The molecule has 1 amide bonds. The fourth-order valence-corrected chi connectivity index (χ4v) is 3.57. The lowest BCUT2D eigenvalue weighted by molar-refractivity contribution is -0.120. The van der Waals surface area contributed by atoms with Crippen LogP contribution in [0.1, 0.15) is 16.4 Å². The lowest BCUT2D eigenvalue weighted by Crippen LogP contribution is -2.19. The van der Waals surface area contributed by atoms with E-state index in [0.29, 0.717) is 10.7 Å². The molecule has 3 aromatic rings. The number of nitrogens with zero attached hydrogens (tertiary/aromatic N) is 3.